The van der Waals surface area contributed by atoms with Gasteiger partial charge in [-0.2, -0.15) is 5.26 Å². The molecule has 1 aliphatic rings. The van der Waals surface area contributed by atoms with Gasteiger partial charge in [0.1, 0.15) is 11.9 Å². The zero-order chi connectivity index (χ0) is 21.7. The second-order valence-corrected chi connectivity index (χ2v) is 7.73. The maximum atomic E-state index is 14.2. The minimum absolute atomic E-state index is 0.0652. The summed E-state index contributed by atoms with van der Waals surface area (Å²) in [7, 11) is 0. The molecule has 2 aromatic rings. The van der Waals surface area contributed by atoms with E-state index in [1.807, 2.05) is 6.07 Å². The number of benzene rings is 2. The predicted molar refractivity (Wildman–Crippen MR) is 114 cm³/mol. The summed E-state index contributed by atoms with van der Waals surface area (Å²) in [6.45, 7) is 3.25. The lowest BCUT2D eigenvalue weighted by Gasteiger charge is -2.32. The van der Waals surface area contributed by atoms with E-state index in [1.165, 1.54) is 42.8 Å². The van der Waals surface area contributed by atoms with Gasteiger partial charge in [-0.1, -0.05) is 18.0 Å². The van der Waals surface area contributed by atoms with Crippen LogP contribution < -0.4 is 10.6 Å². The molecule has 0 spiro atoms. The van der Waals surface area contributed by atoms with E-state index in [0.717, 1.165) is 19.4 Å². The third-order valence-corrected chi connectivity index (χ3v) is 5.45. The van der Waals surface area contributed by atoms with E-state index in [9.17, 15) is 14.0 Å². The van der Waals surface area contributed by atoms with Crippen molar-refractivity contribution in [2.24, 2.45) is 0 Å². The van der Waals surface area contributed by atoms with Crippen LogP contribution in [-0.4, -0.2) is 35.8 Å². The van der Waals surface area contributed by atoms with Gasteiger partial charge < -0.3 is 10.6 Å². The zero-order valence-electron chi connectivity index (χ0n) is 16.5. The zero-order valence-corrected chi connectivity index (χ0v) is 17.3. The van der Waals surface area contributed by atoms with Crippen molar-refractivity contribution in [2.45, 2.75) is 32.2 Å². The Bertz CT molecular complexity index is 1010. The van der Waals surface area contributed by atoms with Crippen LogP contribution >= 0.6 is 11.6 Å². The fourth-order valence-corrected chi connectivity index (χ4v) is 3.64. The first-order valence-corrected chi connectivity index (χ1v) is 10.1. The molecule has 1 unspecified atom stereocenters. The molecular formula is C22H22ClFN4O2. The number of piperidine rings is 1. The molecule has 1 saturated heterocycles. The van der Waals surface area contributed by atoms with Crippen LogP contribution in [0.25, 0.3) is 0 Å². The van der Waals surface area contributed by atoms with Crippen LogP contribution in [0.5, 0.6) is 0 Å². The van der Waals surface area contributed by atoms with Gasteiger partial charge in [0, 0.05) is 17.3 Å². The highest BCUT2D eigenvalue weighted by molar-refractivity contribution is 6.32. The molecule has 2 amide bonds. The summed E-state index contributed by atoms with van der Waals surface area (Å²) < 4.78 is 14.2. The molecule has 2 N–H and O–H groups in total. The van der Waals surface area contributed by atoms with Gasteiger partial charge in [0.2, 0.25) is 5.91 Å². The summed E-state index contributed by atoms with van der Waals surface area (Å²) >= 11 is 5.95. The Kier molecular flexibility index (Phi) is 7.03. The van der Waals surface area contributed by atoms with Gasteiger partial charge in [0.25, 0.3) is 5.91 Å². The first kappa shape index (κ1) is 21.8. The van der Waals surface area contributed by atoms with Gasteiger partial charge in [0.15, 0.2) is 0 Å². The second kappa shape index (κ2) is 9.70. The molecular weight excluding hydrogens is 407 g/mol. The van der Waals surface area contributed by atoms with Crippen molar-refractivity contribution in [1.29, 1.82) is 5.26 Å². The number of rotatable bonds is 5. The van der Waals surface area contributed by atoms with E-state index in [1.54, 1.807) is 0 Å². The minimum Gasteiger partial charge on any atom is -0.325 e. The molecule has 1 heterocycles. The van der Waals surface area contributed by atoms with E-state index in [0.29, 0.717) is 11.7 Å². The highest BCUT2D eigenvalue weighted by Crippen LogP contribution is 2.23. The number of carbonyl (C=O) groups excluding carboxylic acids is 2. The molecule has 2 aromatic carbocycles. The lowest BCUT2D eigenvalue weighted by Crippen LogP contribution is -2.42. The molecule has 6 nitrogen and oxygen atoms in total. The van der Waals surface area contributed by atoms with Crippen LogP contribution in [0.1, 0.15) is 42.1 Å². The van der Waals surface area contributed by atoms with Gasteiger partial charge in [-0.15, -0.1) is 0 Å². The Morgan fingerprint density at radius 2 is 2.03 bits per heavy atom. The number of nitriles is 1. The van der Waals surface area contributed by atoms with Gasteiger partial charge in [-0.05, 0) is 62.7 Å². The van der Waals surface area contributed by atoms with Crippen molar-refractivity contribution >= 4 is 34.8 Å². The van der Waals surface area contributed by atoms with Crippen LogP contribution in [0.2, 0.25) is 5.02 Å². The molecule has 8 heteroatoms. The molecule has 156 valence electrons. The summed E-state index contributed by atoms with van der Waals surface area (Å²) in [5.74, 6) is -1.40. The van der Waals surface area contributed by atoms with Crippen LogP contribution in [0.15, 0.2) is 36.4 Å². The molecule has 30 heavy (non-hydrogen) atoms. The molecule has 3 rings (SSSR count). The maximum absolute atomic E-state index is 14.2. The molecule has 0 radical (unpaired) electrons. The molecule has 0 saturated carbocycles. The Balaban J connectivity index is 1.67. The molecule has 1 atom stereocenters. The van der Waals surface area contributed by atoms with E-state index < -0.39 is 11.7 Å². The summed E-state index contributed by atoms with van der Waals surface area (Å²) in [6.07, 6.45) is 3.31. The average molecular weight is 429 g/mol. The van der Waals surface area contributed by atoms with Gasteiger partial charge in [-0.25, -0.2) is 4.39 Å². The summed E-state index contributed by atoms with van der Waals surface area (Å²) in [5, 5.41) is 14.3. The number of likely N-dealkylation sites (tertiary alicyclic amines) is 1. The monoisotopic (exact) mass is 428 g/mol. The molecule has 0 aliphatic carbocycles. The number of amides is 2. The molecule has 0 aromatic heterocycles. The largest absolute Gasteiger partial charge is 0.325 e. The number of hydrogen-bond acceptors (Lipinski definition) is 4. The highest BCUT2D eigenvalue weighted by atomic mass is 35.5. The van der Waals surface area contributed by atoms with E-state index in [2.05, 4.69) is 22.5 Å². The van der Waals surface area contributed by atoms with Crippen molar-refractivity contribution in [1.82, 2.24) is 4.90 Å². The highest BCUT2D eigenvalue weighted by Gasteiger charge is 2.20. The van der Waals surface area contributed by atoms with Gasteiger partial charge >= 0.3 is 0 Å². The normalized spacial score (nSPS) is 16.5. The minimum atomic E-state index is -0.634. The number of halogens is 2. The Hall–Kier alpha value is -2.95. The fourth-order valence-electron chi connectivity index (χ4n) is 3.42. The van der Waals surface area contributed by atoms with Crippen molar-refractivity contribution in [3.63, 3.8) is 0 Å². The van der Waals surface area contributed by atoms with Gasteiger partial charge in [-0.3, -0.25) is 14.5 Å². The van der Waals surface area contributed by atoms with E-state index in [-0.39, 0.29) is 34.3 Å². The van der Waals surface area contributed by atoms with Crippen molar-refractivity contribution in [3.8, 4) is 6.07 Å². The standard InChI is InChI=1S/C22H22ClFN4O2/c1-14-4-2-3-9-28(14)13-21(29)26-17-7-8-19(24)20(11-17)27-22(30)15-5-6-16(12-25)18(23)10-15/h5-8,10-11,14H,2-4,9,13H2,1H3,(H,26,29)(H,27,30). The SMILES string of the molecule is CC1CCCCN1CC(=O)Nc1ccc(F)c(NC(=O)c2ccc(C#N)c(Cl)c2)c1. The Morgan fingerprint density at radius 3 is 2.73 bits per heavy atom. The van der Waals surface area contributed by atoms with E-state index >= 15 is 0 Å². The lowest BCUT2D eigenvalue weighted by atomic mass is 10.0. The van der Waals surface area contributed by atoms with Crippen LogP contribution in [0, 0.1) is 17.1 Å². The Morgan fingerprint density at radius 1 is 1.23 bits per heavy atom. The first-order valence-electron chi connectivity index (χ1n) is 9.72. The third-order valence-electron chi connectivity index (χ3n) is 5.14. The van der Waals surface area contributed by atoms with Crippen LogP contribution in [-0.2, 0) is 4.79 Å². The summed E-state index contributed by atoms with van der Waals surface area (Å²) in [6, 6.07) is 10.5. The third kappa shape index (κ3) is 5.35. The number of nitrogens with one attached hydrogen (secondary N) is 2. The fraction of sp³-hybridized carbons (Fsp3) is 0.318. The number of nitrogens with zero attached hydrogens (tertiary/aromatic N) is 2. The number of carbonyl (C=O) groups is 2. The molecule has 1 fully saturated rings. The second-order valence-electron chi connectivity index (χ2n) is 7.32. The molecule has 1 aliphatic heterocycles. The van der Waals surface area contributed by atoms with Crippen molar-refractivity contribution < 1.29 is 14.0 Å². The molecule has 0 bridgehead atoms. The number of anilines is 2. The summed E-state index contributed by atoms with van der Waals surface area (Å²) in [4.78, 5) is 27.0. The Labute approximate surface area is 179 Å². The van der Waals surface area contributed by atoms with Crippen LogP contribution in [0.3, 0.4) is 0 Å². The first-order chi connectivity index (χ1) is 14.4. The number of hydrogen-bond donors (Lipinski definition) is 2. The van der Waals surface area contributed by atoms with E-state index in [4.69, 9.17) is 16.9 Å². The van der Waals surface area contributed by atoms with Crippen molar-refractivity contribution in [2.75, 3.05) is 23.7 Å². The average Bonchev–Trinajstić information content (AvgIpc) is 2.72. The quantitative estimate of drug-likeness (QED) is 0.738. The van der Waals surface area contributed by atoms with Gasteiger partial charge in [0.05, 0.1) is 22.8 Å². The van der Waals surface area contributed by atoms with Crippen molar-refractivity contribution in [3.05, 3.63) is 58.4 Å². The smallest absolute Gasteiger partial charge is 0.255 e. The topological polar surface area (TPSA) is 85.2 Å². The maximum Gasteiger partial charge on any atom is 0.255 e. The van der Waals surface area contributed by atoms with Crippen LogP contribution in [0.4, 0.5) is 15.8 Å². The predicted octanol–water partition coefficient (Wildman–Crippen LogP) is 4.42. The lowest BCUT2D eigenvalue weighted by molar-refractivity contribution is -0.118. The summed E-state index contributed by atoms with van der Waals surface area (Å²) in [5.41, 5.74) is 0.753.